The molecule has 110 valence electrons. The monoisotopic (exact) mass is 279 g/mol. The number of likely N-dealkylation sites (tertiary alicyclic amines) is 1. The molecule has 0 aromatic heterocycles. The van der Waals surface area contributed by atoms with Crippen molar-refractivity contribution in [3.63, 3.8) is 0 Å². The summed E-state index contributed by atoms with van der Waals surface area (Å²) in [4.78, 5) is 12.9. The van der Waals surface area contributed by atoms with E-state index in [1.807, 2.05) is 0 Å². The standard InChI is InChI=1S/C14H21N3O3/c1-9-8-16(3)10(2)6-13(9)15-12-5-4-11(18)7-14(12)17(19)20/h4-5,7,9-10,13,15,18H,6,8H2,1-3H3. The lowest BCUT2D eigenvalue weighted by molar-refractivity contribution is -0.384. The third-order valence-electron chi connectivity index (χ3n) is 4.13. The largest absolute Gasteiger partial charge is 0.508 e. The van der Waals surface area contributed by atoms with Gasteiger partial charge in [-0.1, -0.05) is 6.92 Å². The first-order valence-electron chi connectivity index (χ1n) is 6.82. The Morgan fingerprint density at radius 3 is 2.80 bits per heavy atom. The fourth-order valence-corrected chi connectivity index (χ4v) is 2.74. The zero-order valence-corrected chi connectivity index (χ0v) is 12.0. The van der Waals surface area contributed by atoms with E-state index in [1.54, 1.807) is 6.07 Å². The van der Waals surface area contributed by atoms with Crippen molar-refractivity contribution in [3.05, 3.63) is 28.3 Å². The number of phenols is 1. The van der Waals surface area contributed by atoms with E-state index in [9.17, 15) is 15.2 Å². The predicted octanol–water partition coefficient (Wildman–Crippen LogP) is 2.44. The molecule has 20 heavy (non-hydrogen) atoms. The maximum atomic E-state index is 11.1. The van der Waals surface area contributed by atoms with E-state index in [-0.39, 0.29) is 17.5 Å². The number of hydrogen-bond acceptors (Lipinski definition) is 5. The minimum atomic E-state index is -0.467. The third kappa shape index (κ3) is 3.01. The lowest BCUT2D eigenvalue weighted by Crippen LogP contribution is -2.48. The summed E-state index contributed by atoms with van der Waals surface area (Å²) in [5.74, 6) is 0.316. The van der Waals surface area contributed by atoms with Crippen molar-refractivity contribution in [2.45, 2.75) is 32.4 Å². The summed E-state index contributed by atoms with van der Waals surface area (Å²) in [6, 6.07) is 4.87. The Hall–Kier alpha value is -1.82. The highest BCUT2D eigenvalue weighted by Crippen LogP contribution is 2.31. The van der Waals surface area contributed by atoms with Crippen LogP contribution in [0.3, 0.4) is 0 Å². The molecule has 2 N–H and O–H groups in total. The average molecular weight is 279 g/mol. The number of benzene rings is 1. The Kier molecular flexibility index (Phi) is 4.13. The molecule has 0 radical (unpaired) electrons. The van der Waals surface area contributed by atoms with Gasteiger partial charge in [0.2, 0.25) is 0 Å². The number of nitrogens with one attached hydrogen (secondary N) is 1. The zero-order valence-electron chi connectivity index (χ0n) is 12.0. The smallest absolute Gasteiger partial charge is 0.296 e. The Balaban J connectivity index is 2.19. The van der Waals surface area contributed by atoms with Gasteiger partial charge in [0, 0.05) is 18.6 Å². The van der Waals surface area contributed by atoms with Gasteiger partial charge in [-0.25, -0.2) is 0 Å². The minimum absolute atomic E-state index is 0.0798. The van der Waals surface area contributed by atoms with Crippen LogP contribution >= 0.6 is 0 Å². The summed E-state index contributed by atoms with van der Waals surface area (Å²) >= 11 is 0. The van der Waals surface area contributed by atoms with Gasteiger partial charge in [0.25, 0.3) is 5.69 Å². The van der Waals surface area contributed by atoms with Gasteiger partial charge in [-0.15, -0.1) is 0 Å². The lowest BCUT2D eigenvalue weighted by Gasteiger charge is -2.40. The van der Waals surface area contributed by atoms with Crippen LogP contribution in [0.2, 0.25) is 0 Å². The molecule has 1 heterocycles. The van der Waals surface area contributed by atoms with Gasteiger partial charge in [-0.2, -0.15) is 0 Å². The average Bonchev–Trinajstić information content (AvgIpc) is 2.37. The molecule has 0 saturated carbocycles. The van der Waals surface area contributed by atoms with Gasteiger partial charge in [0.05, 0.1) is 11.0 Å². The Bertz CT molecular complexity index is 506. The number of rotatable bonds is 3. The molecule has 2 rings (SSSR count). The number of phenolic OH excluding ortho intramolecular Hbond substituents is 1. The summed E-state index contributed by atoms with van der Waals surface area (Å²) in [7, 11) is 2.10. The Labute approximate surface area is 118 Å². The number of nitrogens with zero attached hydrogens (tertiary/aromatic N) is 2. The van der Waals surface area contributed by atoms with Gasteiger partial charge >= 0.3 is 0 Å². The SMILES string of the molecule is CC1CN(C)C(C)CC1Nc1ccc(O)cc1[N+](=O)[O-]. The summed E-state index contributed by atoms with van der Waals surface area (Å²) < 4.78 is 0. The van der Waals surface area contributed by atoms with Gasteiger partial charge in [0.1, 0.15) is 11.4 Å². The highest BCUT2D eigenvalue weighted by molar-refractivity contribution is 5.64. The quantitative estimate of drug-likeness (QED) is 0.505. The molecular weight excluding hydrogens is 258 g/mol. The molecule has 1 saturated heterocycles. The van der Waals surface area contributed by atoms with Crippen LogP contribution in [0.4, 0.5) is 11.4 Å². The van der Waals surface area contributed by atoms with Crippen molar-refractivity contribution in [1.82, 2.24) is 4.90 Å². The maximum absolute atomic E-state index is 11.1. The molecule has 6 heteroatoms. The van der Waals surface area contributed by atoms with Crippen LogP contribution in [0.25, 0.3) is 0 Å². The molecule has 3 unspecified atom stereocenters. The van der Waals surface area contributed by atoms with Crippen LogP contribution in [-0.4, -0.2) is 40.6 Å². The van der Waals surface area contributed by atoms with Gasteiger partial charge < -0.3 is 15.3 Å². The van der Waals surface area contributed by atoms with Crippen LogP contribution in [0, 0.1) is 16.0 Å². The van der Waals surface area contributed by atoms with E-state index in [0.717, 1.165) is 13.0 Å². The number of hydrogen-bond donors (Lipinski definition) is 2. The van der Waals surface area contributed by atoms with Crippen molar-refractivity contribution >= 4 is 11.4 Å². The van der Waals surface area contributed by atoms with E-state index < -0.39 is 4.92 Å². The van der Waals surface area contributed by atoms with Crippen LogP contribution in [0.5, 0.6) is 5.75 Å². The first-order chi connectivity index (χ1) is 9.38. The minimum Gasteiger partial charge on any atom is -0.508 e. The van der Waals surface area contributed by atoms with Crippen molar-refractivity contribution in [2.75, 3.05) is 18.9 Å². The molecule has 1 aliphatic rings. The summed E-state index contributed by atoms with van der Waals surface area (Å²) in [6.07, 6.45) is 0.940. The van der Waals surface area contributed by atoms with Crippen molar-refractivity contribution in [1.29, 1.82) is 0 Å². The number of anilines is 1. The van der Waals surface area contributed by atoms with E-state index in [4.69, 9.17) is 0 Å². The molecule has 1 aromatic carbocycles. The fraction of sp³-hybridized carbons (Fsp3) is 0.571. The molecule has 1 aromatic rings. The van der Waals surface area contributed by atoms with Gasteiger partial charge in [0.15, 0.2) is 0 Å². The topological polar surface area (TPSA) is 78.6 Å². The van der Waals surface area contributed by atoms with E-state index >= 15 is 0 Å². The molecule has 0 bridgehead atoms. The molecule has 0 amide bonds. The highest BCUT2D eigenvalue weighted by Gasteiger charge is 2.30. The summed E-state index contributed by atoms with van der Waals surface area (Å²) in [5.41, 5.74) is 0.394. The normalized spacial score (nSPS) is 27.2. The van der Waals surface area contributed by atoms with Gasteiger partial charge in [-0.05, 0) is 38.4 Å². The molecule has 3 atom stereocenters. The zero-order chi connectivity index (χ0) is 14.9. The summed E-state index contributed by atoms with van der Waals surface area (Å²) in [6.45, 7) is 5.27. The lowest BCUT2D eigenvalue weighted by atomic mass is 9.89. The van der Waals surface area contributed by atoms with Crippen LogP contribution in [0.15, 0.2) is 18.2 Å². The molecule has 0 spiro atoms. The van der Waals surface area contributed by atoms with E-state index in [2.05, 4.69) is 31.1 Å². The van der Waals surface area contributed by atoms with E-state index in [1.165, 1.54) is 12.1 Å². The third-order valence-corrected chi connectivity index (χ3v) is 4.13. The Morgan fingerprint density at radius 2 is 2.15 bits per heavy atom. The Morgan fingerprint density at radius 1 is 1.45 bits per heavy atom. The van der Waals surface area contributed by atoms with Crippen LogP contribution < -0.4 is 5.32 Å². The number of nitro benzene ring substituents is 1. The second kappa shape index (κ2) is 5.66. The van der Waals surface area contributed by atoms with Crippen LogP contribution in [-0.2, 0) is 0 Å². The molecule has 6 nitrogen and oxygen atoms in total. The highest BCUT2D eigenvalue weighted by atomic mass is 16.6. The molecular formula is C14H21N3O3. The van der Waals surface area contributed by atoms with Crippen LogP contribution in [0.1, 0.15) is 20.3 Å². The molecule has 1 aliphatic heterocycles. The van der Waals surface area contributed by atoms with Crippen molar-refractivity contribution in [3.8, 4) is 5.75 Å². The van der Waals surface area contributed by atoms with Gasteiger partial charge in [-0.3, -0.25) is 10.1 Å². The number of piperidine rings is 1. The predicted molar refractivity (Wildman–Crippen MR) is 78.0 cm³/mol. The second-order valence-electron chi connectivity index (χ2n) is 5.71. The number of nitro groups is 1. The van der Waals surface area contributed by atoms with E-state index in [0.29, 0.717) is 17.6 Å². The summed E-state index contributed by atoms with van der Waals surface area (Å²) in [5, 5.41) is 23.7. The second-order valence-corrected chi connectivity index (χ2v) is 5.71. The first-order valence-corrected chi connectivity index (χ1v) is 6.82. The molecule has 1 fully saturated rings. The number of aromatic hydroxyl groups is 1. The first kappa shape index (κ1) is 14.6. The maximum Gasteiger partial charge on any atom is 0.296 e. The van der Waals surface area contributed by atoms with Crippen molar-refractivity contribution < 1.29 is 10.0 Å². The molecule has 0 aliphatic carbocycles. The fourth-order valence-electron chi connectivity index (χ4n) is 2.74. The van der Waals surface area contributed by atoms with Crippen molar-refractivity contribution in [2.24, 2.45) is 5.92 Å².